The molecular formula is C24H29FN2O5S. The number of hydrogen-bond acceptors (Lipinski definition) is 5. The average Bonchev–Trinajstić information content (AvgIpc) is 3.33. The summed E-state index contributed by atoms with van der Waals surface area (Å²) in [5.74, 6) is 0.409. The third-order valence-electron chi connectivity index (χ3n) is 6.52. The van der Waals surface area contributed by atoms with Crippen molar-refractivity contribution in [2.45, 2.75) is 36.6 Å². The van der Waals surface area contributed by atoms with Crippen LogP contribution in [0.3, 0.4) is 0 Å². The van der Waals surface area contributed by atoms with Gasteiger partial charge in [0, 0.05) is 31.3 Å². The third-order valence-corrected chi connectivity index (χ3v) is 8.40. The summed E-state index contributed by atoms with van der Waals surface area (Å²) in [6.45, 7) is 1.10. The maximum atomic E-state index is 13.5. The van der Waals surface area contributed by atoms with E-state index in [2.05, 4.69) is 0 Å². The number of sulfonamides is 1. The van der Waals surface area contributed by atoms with Gasteiger partial charge in [-0.3, -0.25) is 4.79 Å². The largest absolute Gasteiger partial charge is 0.497 e. The highest BCUT2D eigenvalue weighted by atomic mass is 32.2. The lowest BCUT2D eigenvalue weighted by molar-refractivity contribution is -0.137. The Morgan fingerprint density at radius 2 is 1.73 bits per heavy atom. The van der Waals surface area contributed by atoms with Gasteiger partial charge in [0.1, 0.15) is 17.3 Å². The summed E-state index contributed by atoms with van der Waals surface area (Å²) < 4.78 is 51.6. The van der Waals surface area contributed by atoms with Gasteiger partial charge in [-0.25, -0.2) is 12.8 Å². The summed E-state index contributed by atoms with van der Waals surface area (Å²) in [5.41, 5.74) is 0.927. The molecule has 2 aromatic rings. The van der Waals surface area contributed by atoms with Crippen LogP contribution in [0.4, 0.5) is 4.39 Å². The van der Waals surface area contributed by atoms with Crippen molar-refractivity contribution in [3.63, 3.8) is 0 Å². The smallest absolute Gasteiger partial charge is 0.243 e. The summed E-state index contributed by atoms with van der Waals surface area (Å²) in [5, 5.41) is 0. The number of rotatable bonds is 6. The van der Waals surface area contributed by atoms with Crippen molar-refractivity contribution in [2.75, 3.05) is 33.9 Å². The number of halogens is 1. The number of carbonyl (C=O) groups excluding carboxylic acids is 1. The van der Waals surface area contributed by atoms with Crippen molar-refractivity contribution in [2.24, 2.45) is 5.92 Å². The fraction of sp³-hybridized carbons (Fsp3) is 0.458. The Morgan fingerprint density at radius 1 is 1.00 bits per heavy atom. The second-order valence-electron chi connectivity index (χ2n) is 8.45. The van der Waals surface area contributed by atoms with Crippen molar-refractivity contribution in [3.8, 4) is 11.5 Å². The molecule has 0 radical (unpaired) electrons. The van der Waals surface area contributed by atoms with E-state index >= 15 is 0 Å². The van der Waals surface area contributed by atoms with Gasteiger partial charge in [-0.05, 0) is 62.1 Å². The van der Waals surface area contributed by atoms with Crippen LogP contribution in [0.15, 0.2) is 47.4 Å². The third kappa shape index (κ3) is 4.70. The fourth-order valence-corrected chi connectivity index (χ4v) is 6.32. The average molecular weight is 477 g/mol. The Morgan fingerprint density at radius 3 is 2.42 bits per heavy atom. The molecule has 178 valence electrons. The Hall–Kier alpha value is -2.65. The Kier molecular flexibility index (Phi) is 6.90. The van der Waals surface area contributed by atoms with Gasteiger partial charge < -0.3 is 14.4 Å². The van der Waals surface area contributed by atoms with Crippen LogP contribution in [0.2, 0.25) is 0 Å². The normalized spacial score (nSPS) is 21.7. The van der Waals surface area contributed by atoms with E-state index < -0.39 is 21.8 Å². The molecule has 2 aliphatic heterocycles. The van der Waals surface area contributed by atoms with Crippen molar-refractivity contribution in [1.29, 1.82) is 0 Å². The molecule has 0 unspecified atom stereocenters. The van der Waals surface area contributed by atoms with Gasteiger partial charge in [0.25, 0.3) is 0 Å². The van der Waals surface area contributed by atoms with Gasteiger partial charge >= 0.3 is 0 Å². The van der Waals surface area contributed by atoms with Gasteiger partial charge in [-0.1, -0.05) is 0 Å². The highest BCUT2D eigenvalue weighted by Gasteiger charge is 2.39. The molecule has 0 N–H and O–H groups in total. The van der Waals surface area contributed by atoms with E-state index in [9.17, 15) is 17.6 Å². The molecule has 2 saturated heterocycles. The van der Waals surface area contributed by atoms with Crippen molar-refractivity contribution < 1.29 is 27.1 Å². The topological polar surface area (TPSA) is 76.2 Å². The van der Waals surface area contributed by atoms with Crippen LogP contribution < -0.4 is 9.47 Å². The second-order valence-corrected chi connectivity index (χ2v) is 10.4. The number of ether oxygens (including phenoxy) is 2. The quantitative estimate of drug-likeness (QED) is 0.637. The lowest BCUT2D eigenvalue weighted by atomic mass is 9.96. The molecule has 2 atom stereocenters. The van der Waals surface area contributed by atoms with Crippen molar-refractivity contribution in [3.05, 3.63) is 53.8 Å². The zero-order valence-corrected chi connectivity index (χ0v) is 19.7. The molecule has 0 spiro atoms. The first-order chi connectivity index (χ1) is 15.8. The molecule has 4 rings (SSSR count). The molecule has 2 heterocycles. The first-order valence-corrected chi connectivity index (χ1v) is 12.6. The monoisotopic (exact) mass is 476 g/mol. The predicted octanol–water partition coefficient (Wildman–Crippen LogP) is 3.61. The molecule has 2 aromatic carbocycles. The number of likely N-dealkylation sites (tertiary alicyclic amines) is 1. The summed E-state index contributed by atoms with van der Waals surface area (Å²) in [6, 6.07) is 10.3. The van der Waals surface area contributed by atoms with Crippen molar-refractivity contribution in [1.82, 2.24) is 9.21 Å². The fourth-order valence-electron chi connectivity index (χ4n) is 4.80. The molecule has 0 aromatic heterocycles. The molecule has 0 aliphatic carbocycles. The van der Waals surface area contributed by atoms with E-state index in [1.54, 1.807) is 14.2 Å². The number of benzene rings is 2. The van der Waals surface area contributed by atoms with Crippen LogP contribution in [0.25, 0.3) is 0 Å². The van der Waals surface area contributed by atoms with Crippen LogP contribution in [-0.4, -0.2) is 57.4 Å². The molecule has 9 heteroatoms. The lowest BCUT2D eigenvalue weighted by Gasteiger charge is -2.35. The number of hydrogen-bond donors (Lipinski definition) is 0. The highest BCUT2D eigenvalue weighted by Crippen LogP contribution is 2.40. The minimum atomic E-state index is -3.79. The van der Waals surface area contributed by atoms with E-state index in [-0.39, 0.29) is 23.4 Å². The Bertz CT molecular complexity index is 1110. The van der Waals surface area contributed by atoms with E-state index in [1.807, 2.05) is 23.1 Å². The van der Waals surface area contributed by atoms with E-state index in [0.717, 1.165) is 30.5 Å². The first-order valence-electron chi connectivity index (χ1n) is 11.1. The minimum absolute atomic E-state index is 0.0330. The molecule has 33 heavy (non-hydrogen) atoms. The van der Waals surface area contributed by atoms with E-state index in [4.69, 9.17) is 9.47 Å². The van der Waals surface area contributed by atoms with Crippen LogP contribution in [-0.2, 0) is 14.8 Å². The summed E-state index contributed by atoms with van der Waals surface area (Å²) in [7, 11) is -0.603. The van der Waals surface area contributed by atoms with Crippen LogP contribution in [0.1, 0.15) is 37.3 Å². The highest BCUT2D eigenvalue weighted by molar-refractivity contribution is 7.89. The SMILES string of the molecule is COc1ccc([C@H]2CCCN2C(=O)[C@@H]2CCCN(S(=O)(=O)c3ccc(F)cc3)C2)c(OC)c1. The number of amides is 1. The summed E-state index contributed by atoms with van der Waals surface area (Å²) in [6.07, 6.45) is 2.92. The predicted molar refractivity (Wildman–Crippen MR) is 121 cm³/mol. The van der Waals surface area contributed by atoms with E-state index in [1.165, 1.54) is 16.4 Å². The van der Waals surface area contributed by atoms with Crippen molar-refractivity contribution >= 4 is 15.9 Å². The van der Waals surface area contributed by atoms with Crippen LogP contribution in [0, 0.1) is 11.7 Å². The number of carbonyl (C=O) groups is 1. The standard InChI is InChI=1S/C24H29FN2O5S/c1-31-19-9-12-21(23(15-19)32-2)22-6-4-14-27(22)24(28)17-5-3-13-26(16-17)33(29,30)20-10-7-18(25)8-11-20/h7-12,15,17,22H,3-6,13-14,16H2,1-2H3/t17-,22-/m1/s1. The maximum Gasteiger partial charge on any atom is 0.243 e. The van der Waals surface area contributed by atoms with Crippen LogP contribution >= 0.6 is 0 Å². The van der Waals surface area contributed by atoms with Crippen LogP contribution in [0.5, 0.6) is 11.5 Å². The van der Waals surface area contributed by atoms with Gasteiger partial charge in [0.2, 0.25) is 15.9 Å². The zero-order chi connectivity index (χ0) is 23.6. The molecule has 7 nitrogen and oxygen atoms in total. The molecule has 2 aliphatic rings. The molecule has 1 amide bonds. The molecule has 0 saturated carbocycles. The molecular weight excluding hydrogens is 447 g/mol. The number of nitrogens with zero attached hydrogens (tertiary/aromatic N) is 2. The summed E-state index contributed by atoms with van der Waals surface area (Å²) >= 11 is 0. The van der Waals surface area contributed by atoms with Gasteiger partial charge in [0.05, 0.1) is 31.1 Å². The zero-order valence-electron chi connectivity index (χ0n) is 18.9. The Labute approximate surface area is 194 Å². The number of methoxy groups -OCH3 is 2. The second kappa shape index (κ2) is 9.69. The van der Waals surface area contributed by atoms with Gasteiger partial charge in [-0.15, -0.1) is 0 Å². The first kappa shape index (κ1) is 23.5. The van der Waals surface area contributed by atoms with E-state index in [0.29, 0.717) is 37.4 Å². The molecule has 0 bridgehead atoms. The lowest BCUT2D eigenvalue weighted by Crippen LogP contribution is -2.46. The minimum Gasteiger partial charge on any atom is -0.497 e. The Balaban J connectivity index is 1.53. The summed E-state index contributed by atoms with van der Waals surface area (Å²) in [4.78, 5) is 15.5. The maximum absolute atomic E-state index is 13.5. The number of piperidine rings is 1. The van der Waals surface area contributed by atoms with Gasteiger partial charge in [0.15, 0.2) is 0 Å². The molecule has 2 fully saturated rings. The van der Waals surface area contributed by atoms with Gasteiger partial charge in [-0.2, -0.15) is 4.31 Å².